The molecule has 1 unspecified atom stereocenters. The Balaban J connectivity index is 0.00000529. The number of ether oxygens (including phenoxy) is 1. The summed E-state index contributed by atoms with van der Waals surface area (Å²) in [5.41, 5.74) is 0. The van der Waals surface area contributed by atoms with Gasteiger partial charge in [0.1, 0.15) is 0 Å². The van der Waals surface area contributed by atoms with E-state index < -0.39 is 0 Å². The van der Waals surface area contributed by atoms with E-state index in [4.69, 9.17) is 4.74 Å². The maximum atomic E-state index is 5.57. The summed E-state index contributed by atoms with van der Waals surface area (Å²) in [7, 11) is 1.84. The number of piperidine rings is 1. The Morgan fingerprint density at radius 2 is 1.83 bits per heavy atom. The predicted octanol–water partition coefficient (Wildman–Crippen LogP) is 3.10. The van der Waals surface area contributed by atoms with Crippen molar-refractivity contribution < 1.29 is 4.74 Å². The number of hydrogen-bond donors (Lipinski definition) is 2. The third-order valence-corrected chi connectivity index (χ3v) is 4.26. The van der Waals surface area contributed by atoms with Crippen molar-refractivity contribution in [2.75, 3.05) is 53.0 Å². The second-order valence-electron chi connectivity index (χ2n) is 6.67. The minimum atomic E-state index is 0. The van der Waals surface area contributed by atoms with Gasteiger partial charge in [0, 0.05) is 39.9 Å². The van der Waals surface area contributed by atoms with Crippen molar-refractivity contribution in [1.29, 1.82) is 0 Å². The first-order valence-electron chi connectivity index (χ1n) is 9.50. The highest BCUT2D eigenvalue weighted by molar-refractivity contribution is 14.0. The minimum Gasteiger partial charge on any atom is -0.381 e. The molecule has 0 aromatic rings. The standard InChI is InChI=1S/C18H38N4O.HI/c1-4-5-13-23-14-9-10-20-18(19-3)21-15-17(2)16-22-11-7-6-8-12-22;/h17H,4-16H2,1-3H3,(H2,19,20,21);1H. The van der Waals surface area contributed by atoms with Gasteiger partial charge >= 0.3 is 0 Å². The summed E-state index contributed by atoms with van der Waals surface area (Å²) in [5, 5.41) is 6.81. The zero-order chi connectivity index (χ0) is 16.8. The van der Waals surface area contributed by atoms with Gasteiger partial charge in [0.05, 0.1) is 0 Å². The number of rotatable bonds is 11. The molecule has 0 aromatic carbocycles. The molecule has 144 valence electrons. The Labute approximate surface area is 166 Å². The van der Waals surface area contributed by atoms with Crippen LogP contribution < -0.4 is 10.6 Å². The highest BCUT2D eigenvalue weighted by Crippen LogP contribution is 2.10. The third kappa shape index (κ3) is 12.3. The van der Waals surface area contributed by atoms with E-state index in [0.717, 1.165) is 45.1 Å². The van der Waals surface area contributed by atoms with Crippen LogP contribution in [0.2, 0.25) is 0 Å². The quantitative estimate of drug-likeness (QED) is 0.218. The number of likely N-dealkylation sites (tertiary alicyclic amines) is 1. The van der Waals surface area contributed by atoms with Crippen LogP contribution in [0.25, 0.3) is 0 Å². The lowest BCUT2D eigenvalue weighted by molar-refractivity contribution is 0.129. The number of guanidine groups is 1. The molecule has 24 heavy (non-hydrogen) atoms. The Morgan fingerprint density at radius 3 is 2.50 bits per heavy atom. The summed E-state index contributed by atoms with van der Waals surface area (Å²) in [6.07, 6.45) is 7.51. The van der Waals surface area contributed by atoms with E-state index in [1.807, 2.05) is 7.05 Å². The molecule has 0 amide bonds. The van der Waals surface area contributed by atoms with Crippen LogP contribution in [0.3, 0.4) is 0 Å². The molecule has 1 heterocycles. The van der Waals surface area contributed by atoms with Crippen LogP contribution in [0.15, 0.2) is 4.99 Å². The molecule has 6 heteroatoms. The zero-order valence-corrected chi connectivity index (χ0v) is 18.3. The number of nitrogens with one attached hydrogen (secondary N) is 2. The molecule has 0 spiro atoms. The molecular weight excluding hydrogens is 415 g/mol. The maximum absolute atomic E-state index is 5.57. The number of hydrogen-bond acceptors (Lipinski definition) is 3. The summed E-state index contributed by atoms with van der Waals surface area (Å²) in [6, 6.07) is 0. The number of nitrogens with zero attached hydrogens (tertiary/aromatic N) is 2. The van der Waals surface area contributed by atoms with Crippen molar-refractivity contribution in [2.24, 2.45) is 10.9 Å². The summed E-state index contributed by atoms with van der Waals surface area (Å²) in [4.78, 5) is 6.89. The van der Waals surface area contributed by atoms with Crippen molar-refractivity contribution in [3.63, 3.8) is 0 Å². The number of unbranched alkanes of at least 4 members (excludes halogenated alkanes) is 1. The lowest BCUT2D eigenvalue weighted by atomic mass is 10.1. The normalized spacial score (nSPS) is 17.2. The molecule has 1 atom stereocenters. The van der Waals surface area contributed by atoms with Gasteiger partial charge in [-0.1, -0.05) is 26.7 Å². The van der Waals surface area contributed by atoms with E-state index in [-0.39, 0.29) is 24.0 Å². The van der Waals surface area contributed by atoms with Crippen LogP contribution >= 0.6 is 24.0 Å². The first-order valence-corrected chi connectivity index (χ1v) is 9.50. The number of aliphatic imine (C=N–C) groups is 1. The third-order valence-electron chi connectivity index (χ3n) is 4.26. The average molecular weight is 454 g/mol. The predicted molar refractivity (Wildman–Crippen MR) is 115 cm³/mol. The van der Waals surface area contributed by atoms with E-state index in [0.29, 0.717) is 5.92 Å². The smallest absolute Gasteiger partial charge is 0.190 e. The molecule has 1 rings (SSSR count). The SMILES string of the molecule is CCCCOCCCNC(=NC)NCC(C)CN1CCCCC1.I. The van der Waals surface area contributed by atoms with Crippen molar-refractivity contribution in [1.82, 2.24) is 15.5 Å². The van der Waals surface area contributed by atoms with Crippen molar-refractivity contribution in [3.8, 4) is 0 Å². The average Bonchev–Trinajstić information content (AvgIpc) is 2.57. The molecule has 0 bridgehead atoms. The first kappa shape index (κ1) is 23.9. The van der Waals surface area contributed by atoms with E-state index in [1.165, 1.54) is 45.3 Å². The molecule has 0 saturated carbocycles. The zero-order valence-electron chi connectivity index (χ0n) is 16.0. The molecule has 0 aromatic heterocycles. The van der Waals surface area contributed by atoms with E-state index in [2.05, 4.69) is 34.4 Å². The molecule has 1 aliphatic heterocycles. The van der Waals surface area contributed by atoms with Crippen LogP contribution in [-0.2, 0) is 4.74 Å². The minimum absolute atomic E-state index is 0. The summed E-state index contributed by atoms with van der Waals surface area (Å²) < 4.78 is 5.57. The lowest BCUT2D eigenvalue weighted by Crippen LogP contribution is -2.42. The van der Waals surface area contributed by atoms with E-state index in [9.17, 15) is 0 Å². The fourth-order valence-corrected chi connectivity index (χ4v) is 2.87. The largest absolute Gasteiger partial charge is 0.381 e. The van der Waals surface area contributed by atoms with Gasteiger partial charge in [-0.15, -0.1) is 24.0 Å². The molecule has 1 aliphatic rings. The van der Waals surface area contributed by atoms with Crippen LogP contribution in [0, 0.1) is 5.92 Å². The van der Waals surface area contributed by atoms with Gasteiger partial charge in [0.2, 0.25) is 0 Å². The van der Waals surface area contributed by atoms with Crippen LogP contribution in [0.1, 0.15) is 52.4 Å². The molecule has 2 N–H and O–H groups in total. The monoisotopic (exact) mass is 454 g/mol. The molecule has 5 nitrogen and oxygen atoms in total. The van der Waals surface area contributed by atoms with Gasteiger partial charge < -0.3 is 20.3 Å². The fraction of sp³-hybridized carbons (Fsp3) is 0.944. The van der Waals surface area contributed by atoms with Crippen LogP contribution in [0.4, 0.5) is 0 Å². The van der Waals surface area contributed by atoms with Crippen molar-refractivity contribution >= 4 is 29.9 Å². The molecular formula is C18H39IN4O. The highest BCUT2D eigenvalue weighted by Gasteiger charge is 2.13. The molecule has 1 saturated heterocycles. The van der Waals surface area contributed by atoms with Crippen molar-refractivity contribution in [2.45, 2.75) is 52.4 Å². The fourth-order valence-electron chi connectivity index (χ4n) is 2.87. The Bertz CT molecular complexity index is 309. The van der Waals surface area contributed by atoms with E-state index in [1.54, 1.807) is 0 Å². The summed E-state index contributed by atoms with van der Waals surface area (Å²) in [6.45, 7) is 11.8. The van der Waals surface area contributed by atoms with Gasteiger partial charge in [-0.3, -0.25) is 4.99 Å². The number of halogens is 1. The lowest BCUT2D eigenvalue weighted by Gasteiger charge is -2.29. The Hall–Kier alpha value is -0.0800. The first-order chi connectivity index (χ1) is 11.3. The molecule has 0 radical (unpaired) electrons. The maximum Gasteiger partial charge on any atom is 0.190 e. The molecule has 0 aliphatic carbocycles. The van der Waals surface area contributed by atoms with Crippen LogP contribution in [-0.4, -0.2) is 63.8 Å². The van der Waals surface area contributed by atoms with Gasteiger partial charge in [-0.25, -0.2) is 0 Å². The summed E-state index contributed by atoms with van der Waals surface area (Å²) >= 11 is 0. The van der Waals surface area contributed by atoms with Crippen molar-refractivity contribution in [3.05, 3.63) is 0 Å². The van der Waals surface area contributed by atoms with Gasteiger partial charge in [-0.2, -0.15) is 0 Å². The molecule has 1 fully saturated rings. The topological polar surface area (TPSA) is 48.9 Å². The van der Waals surface area contributed by atoms with Crippen LogP contribution in [0.5, 0.6) is 0 Å². The highest BCUT2D eigenvalue weighted by atomic mass is 127. The second-order valence-corrected chi connectivity index (χ2v) is 6.67. The van der Waals surface area contributed by atoms with Gasteiger partial charge in [0.25, 0.3) is 0 Å². The Kier molecular flexibility index (Phi) is 16.3. The Morgan fingerprint density at radius 1 is 1.12 bits per heavy atom. The second kappa shape index (κ2) is 16.4. The van der Waals surface area contributed by atoms with E-state index >= 15 is 0 Å². The van der Waals surface area contributed by atoms with Gasteiger partial charge in [0.15, 0.2) is 5.96 Å². The van der Waals surface area contributed by atoms with Gasteiger partial charge in [-0.05, 0) is 44.7 Å². The summed E-state index contributed by atoms with van der Waals surface area (Å²) in [5.74, 6) is 1.55.